The third-order valence-electron chi connectivity index (χ3n) is 3.09. The molecule has 0 aliphatic rings. The summed E-state index contributed by atoms with van der Waals surface area (Å²) in [5, 5.41) is 0. The van der Waals surface area contributed by atoms with Crippen molar-refractivity contribution >= 4 is 11.6 Å². The highest BCUT2D eigenvalue weighted by molar-refractivity contribution is 5.96. The Labute approximate surface area is 101 Å². The van der Waals surface area contributed by atoms with Gasteiger partial charge in [-0.05, 0) is 30.2 Å². The zero-order valence-electron chi connectivity index (χ0n) is 10.5. The molecule has 1 unspecified atom stereocenters. The van der Waals surface area contributed by atoms with E-state index in [2.05, 4.69) is 0 Å². The minimum Gasteiger partial charge on any atom is -0.320 e. The van der Waals surface area contributed by atoms with Gasteiger partial charge in [-0.2, -0.15) is 0 Å². The Hall–Kier alpha value is -1.42. The molecule has 0 radical (unpaired) electrons. The first kappa shape index (κ1) is 13.6. The number of rotatable bonds is 4. The topological polar surface area (TPSA) is 46.3 Å². The summed E-state index contributed by atoms with van der Waals surface area (Å²) in [5.74, 6) is -0.336. The first-order chi connectivity index (χ1) is 7.97. The molecule has 2 atom stereocenters. The summed E-state index contributed by atoms with van der Waals surface area (Å²) in [4.78, 5) is 13.5. The van der Waals surface area contributed by atoms with Crippen molar-refractivity contribution in [1.29, 1.82) is 0 Å². The van der Waals surface area contributed by atoms with E-state index in [1.165, 1.54) is 17.0 Å². The summed E-state index contributed by atoms with van der Waals surface area (Å²) < 4.78 is 12.8. The molecule has 1 amide bonds. The van der Waals surface area contributed by atoms with Crippen LogP contribution in [0.3, 0.4) is 0 Å². The molecule has 0 saturated carbocycles. The Kier molecular flexibility index (Phi) is 4.63. The van der Waals surface area contributed by atoms with E-state index < -0.39 is 6.04 Å². The molecule has 4 heteroatoms. The predicted octanol–water partition coefficient (Wildman–Crippen LogP) is 2.16. The van der Waals surface area contributed by atoms with Gasteiger partial charge in [-0.1, -0.05) is 20.3 Å². The molecular weight excluding hydrogens is 219 g/mol. The lowest BCUT2D eigenvalue weighted by molar-refractivity contribution is -0.120. The van der Waals surface area contributed by atoms with E-state index in [4.69, 9.17) is 5.73 Å². The van der Waals surface area contributed by atoms with Crippen LogP contribution in [0.1, 0.15) is 20.3 Å². The smallest absolute Gasteiger partial charge is 0.243 e. The third-order valence-corrected chi connectivity index (χ3v) is 3.09. The van der Waals surface area contributed by atoms with Gasteiger partial charge in [0.05, 0.1) is 6.04 Å². The van der Waals surface area contributed by atoms with Crippen LogP contribution >= 0.6 is 0 Å². The zero-order valence-corrected chi connectivity index (χ0v) is 10.5. The number of carbonyl (C=O) groups excluding carboxylic acids is 1. The normalized spacial score (nSPS) is 14.2. The van der Waals surface area contributed by atoms with Gasteiger partial charge in [0.2, 0.25) is 5.91 Å². The van der Waals surface area contributed by atoms with E-state index in [-0.39, 0.29) is 17.6 Å². The van der Waals surface area contributed by atoms with Crippen LogP contribution in [0.2, 0.25) is 0 Å². The fourth-order valence-electron chi connectivity index (χ4n) is 1.51. The SMILES string of the molecule is CCC(C)[C@H](N)C(=O)N(C)c1ccc(F)cc1. The van der Waals surface area contributed by atoms with Gasteiger partial charge in [-0.15, -0.1) is 0 Å². The lowest BCUT2D eigenvalue weighted by Gasteiger charge is -2.24. The first-order valence-corrected chi connectivity index (χ1v) is 5.76. The highest BCUT2D eigenvalue weighted by Gasteiger charge is 2.23. The van der Waals surface area contributed by atoms with Gasteiger partial charge >= 0.3 is 0 Å². The van der Waals surface area contributed by atoms with E-state index in [9.17, 15) is 9.18 Å². The molecule has 0 bridgehead atoms. The number of carbonyl (C=O) groups is 1. The molecule has 94 valence electrons. The van der Waals surface area contributed by atoms with Gasteiger partial charge < -0.3 is 10.6 Å². The Morgan fingerprint density at radius 2 is 1.94 bits per heavy atom. The van der Waals surface area contributed by atoms with Crippen LogP contribution < -0.4 is 10.6 Å². The van der Waals surface area contributed by atoms with Crippen LogP contribution in [-0.4, -0.2) is 19.0 Å². The Bertz CT molecular complexity index is 378. The second-order valence-electron chi connectivity index (χ2n) is 4.28. The van der Waals surface area contributed by atoms with Crippen molar-refractivity contribution in [3.05, 3.63) is 30.1 Å². The van der Waals surface area contributed by atoms with E-state index in [1.807, 2.05) is 13.8 Å². The van der Waals surface area contributed by atoms with Crippen LogP contribution in [0.5, 0.6) is 0 Å². The van der Waals surface area contributed by atoms with Crippen molar-refractivity contribution in [3.63, 3.8) is 0 Å². The molecule has 1 aromatic carbocycles. The van der Waals surface area contributed by atoms with Gasteiger partial charge in [-0.25, -0.2) is 4.39 Å². The number of nitrogens with zero attached hydrogens (tertiary/aromatic N) is 1. The largest absolute Gasteiger partial charge is 0.320 e. The highest BCUT2D eigenvalue weighted by Crippen LogP contribution is 2.16. The molecule has 3 nitrogen and oxygen atoms in total. The van der Waals surface area contributed by atoms with Crippen molar-refractivity contribution in [2.45, 2.75) is 26.3 Å². The predicted molar refractivity (Wildman–Crippen MR) is 67.2 cm³/mol. The number of halogens is 1. The molecule has 17 heavy (non-hydrogen) atoms. The van der Waals surface area contributed by atoms with Crippen molar-refractivity contribution in [2.75, 3.05) is 11.9 Å². The lowest BCUT2D eigenvalue weighted by atomic mass is 9.99. The first-order valence-electron chi connectivity index (χ1n) is 5.76. The number of hydrogen-bond donors (Lipinski definition) is 1. The van der Waals surface area contributed by atoms with Crippen molar-refractivity contribution < 1.29 is 9.18 Å². The summed E-state index contributed by atoms with van der Waals surface area (Å²) in [5.41, 5.74) is 6.52. The van der Waals surface area contributed by atoms with Crippen LogP contribution in [0, 0.1) is 11.7 Å². The number of anilines is 1. The monoisotopic (exact) mass is 238 g/mol. The third kappa shape index (κ3) is 3.27. The summed E-state index contributed by atoms with van der Waals surface area (Å²) >= 11 is 0. The van der Waals surface area contributed by atoms with Gasteiger partial charge in [-0.3, -0.25) is 4.79 Å². The van der Waals surface area contributed by atoms with Crippen LogP contribution in [-0.2, 0) is 4.79 Å². The average molecular weight is 238 g/mol. The Balaban J connectivity index is 2.79. The maximum absolute atomic E-state index is 12.8. The quantitative estimate of drug-likeness (QED) is 0.873. The fourth-order valence-corrected chi connectivity index (χ4v) is 1.51. The minimum atomic E-state index is -0.518. The molecule has 1 rings (SSSR count). The minimum absolute atomic E-state index is 0.130. The Morgan fingerprint density at radius 3 is 2.41 bits per heavy atom. The van der Waals surface area contributed by atoms with Gasteiger partial charge in [0, 0.05) is 12.7 Å². The number of benzene rings is 1. The second-order valence-corrected chi connectivity index (χ2v) is 4.28. The molecule has 0 heterocycles. The van der Waals surface area contributed by atoms with Crippen molar-refractivity contribution in [1.82, 2.24) is 0 Å². The average Bonchev–Trinajstić information content (AvgIpc) is 2.36. The summed E-state index contributed by atoms with van der Waals surface area (Å²) in [6.45, 7) is 3.94. The molecule has 0 aliphatic heterocycles. The molecule has 2 N–H and O–H groups in total. The van der Waals surface area contributed by atoms with E-state index in [0.717, 1.165) is 6.42 Å². The molecular formula is C13H19FN2O. The van der Waals surface area contributed by atoms with Gasteiger partial charge in [0.25, 0.3) is 0 Å². The molecule has 0 aliphatic carbocycles. The highest BCUT2D eigenvalue weighted by atomic mass is 19.1. The van der Waals surface area contributed by atoms with E-state index in [1.54, 1.807) is 19.2 Å². The maximum Gasteiger partial charge on any atom is 0.243 e. The Morgan fingerprint density at radius 1 is 1.41 bits per heavy atom. The summed E-state index contributed by atoms with van der Waals surface area (Å²) in [7, 11) is 1.65. The molecule has 1 aromatic rings. The van der Waals surface area contributed by atoms with Crippen LogP contribution in [0.15, 0.2) is 24.3 Å². The number of likely N-dealkylation sites (N-methyl/N-ethyl adjacent to an activating group) is 1. The maximum atomic E-state index is 12.8. The molecule has 0 fully saturated rings. The fraction of sp³-hybridized carbons (Fsp3) is 0.462. The second kappa shape index (κ2) is 5.77. The van der Waals surface area contributed by atoms with Crippen LogP contribution in [0.25, 0.3) is 0 Å². The summed E-state index contributed by atoms with van der Waals surface area (Å²) in [6.07, 6.45) is 0.851. The molecule has 0 aromatic heterocycles. The zero-order chi connectivity index (χ0) is 13.0. The summed E-state index contributed by atoms with van der Waals surface area (Å²) in [6, 6.07) is 5.27. The number of nitrogens with two attached hydrogens (primary N) is 1. The number of hydrogen-bond acceptors (Lipinski definition) is 2. The van der Waals surface area contributed by atoms with Crippen molar-refractivity contribution in [3.8, 4) is 0 Å². The van der Waals surface area contributed by atoms with E-state index in [0.29, 0.717) is 5.69 Å². The number of amides is 1. The van der Waals surface area contributed by atoms with Gasteiger partial charge in [0.1, 0.15) is 5.82 Å². The lowest BCUT2D eigenvalue weighted by Crippen LogP contribution is -2.45. The standard InChI is InChI=1S/C13H19FN2O/c1-4-9(2)12(15)13(17)16(3)11-7-5-10(14)6-8-11/h5-9,12H,4,15H2,1-3H3/t9?,12-/m0/s1. The van der Waals surface area contributed by atoms with Crippen LogP contribution in [0.4, 0.5) is 10.1 Å². The molecule has 0 saturated heterocycles. The van der Waals surface area contributed by atoms with E-state index >= 15 is 0 Å². The van der Waals surface area contributed by atoms with Crippen molar-refractivity contribution in [2.24, 2.45) is 11.7 Å². The molecule has 0 spiro atoms. The van der Waals surface area contributed by atoms with Gasteiger partial charge in [0.15, 0.2) is 0 Å².